The lowest BCUT2D eigenvalue weighted by Gasteiger charge is -2.46. The second kappa shape index (κ2) is 9.19. The van der Waals surface area contributed by atoms with Crippen molar-refractivity contribution >= 4 is 22.6 Å². The maximum Gasteiger partial charge on any atom is 0.397 e. The van der Waals surface area contributed by atoms with Gasteiger partial charge in [-0.2, -0.15) is 13.2 Å². The molecule has 4 unspecified atom stereocenters. The number of nitrogens with zero attached hydrogens (tertiary/aromatic N) is 2. The minimum atomic E-state index is -4.59. The quantitative estimate of drug-likeness (QED) is 0.526. The Morgan fingerprint density at radius 3 is 2.35 bits per heavy atom. The van der Waals surface area contributed by atoms with E-state index in [1.165, 1.54) is 4.90 Å². The Bertz CT molecular complexity index is 1210. The van der Waals surface area contributed by atoms with Crippen LogP contribution in [0, 0.1) is 11.3 Å². The molecule has 0 aliphatic carbocycles. The molecular formula is C28H33F3N2O4. The highest BCUT2D eigenvalue weighted by atomic mass is 19.4. The van der Waals surface area contributed by atoms with Crippen molar-refractivity contribution < 1.29 is 32.2 Å². The summed E-state index contributed by atoms with van der Waals surface area (Å²) in [6.07, 6.45) is -5.30. The molecule has 0 radical (unpaired) electrons. The van der Waals surface area contributed by atoms with E-state index in [2.05, 4.69) is 11.0 Å². The first-order chi connectivity index (χ1) is 17.3. The number of methoxy groups -OCH3 is 1. The number of ether oxygens (including phenoxy) is 2. The van der Waals surface area contributed by atoms with E-state index in [1.807, 2.05) is 30.3 Å². The fraction of sp³-hybridized carbons (Fsp3) is 0.571. The number of hydrogen-bond donors (Lipinski definition) is 0. The number of halogens is 3. The van der Waals surface area contributed by atoms with Gasteiger partial charge in [0, 0.05) is 25.2 Å². The van der Waals surface area contributed by atoms with E-state index in [0.717, 1.165) is 28.5 Å². The van der Waals surface area contributed by atoms with Crippen molar-refractivity contribution in [1.82, 2.24) is 9.80 Å². The Balaban J connectivity index is 1.46. The molecule has 2 aromatic rings. The number of likely N-dealkylation sites (tertiary alicyclic amines) is 1. The number of fused-ring (bicyclic) bond motifs is 3. The van der Waals surface area contributed by atoms with Crippen molar-refractivity contribution in [3.05, 3.63) is 42.0 Å². The Labute approximate surface area is 214 Å². The van der Waals surface area contributed by atoms with Gasteiger partial charge in [0.25, 0.3) is 0 Å². The van der Waals surface area contributed by atoms with E-state index >= 15 is 0 Å². The summed E-state index contributed by atoms with van der Waals surface area (Å²) in [4.78, 5) is 29.4. The highest BCUT2D eigenvalue weighted by Crippen LogP contribution is 2.48. The number of amides is 1. The second-order valence-corrected chi connectivity index (χ2v) is 11.6. The SMILES string of the molecule is COc1ccc2cc(CN3C4CC5CC3[C@H](OC(=O)C(C)(C)C)C4N(C(=O)CC(F)(F)F)C5)ccc2c1. The summed E-state index contributed by atoms with van der Waals surface area (Å²) in [7, 11) is 1.63. The maximum absolute atomic E-state index is 13.2. The lowest BCUT2D eigenvalue weighted by molar-refractivity contribution is -0.171. The molecule has 5 atom stereocenters. The third-order valence-corrected chi connectivity index (χ3v) is 7.93. The molecule has 200 valence electrons. The molecule has 1 amide bonds. The molecule has 9 heteroatoms. The number of hydrogen-bond acceptors (Lipinski definition) is 5. The fourth-order valence-corrected chi connectivity index (χ4v) is 6.27. The molecular weight excluding hydrogens is 485 g/mol. The minimum Gasteiger partial charge on any atom is -0.497 e. The standard InChI is InChI=1S/C28H33F3N2O4/c1-27(2,3)26(35)37-25-22-11-17-10-21(24(25)33(15-17)23(34)13-28(29,30)31)32(22)14-16-5-6-19-12-20(36-4)8-7-18(19)9-16/h5-9,12,17,21-22,24-25H,10-11,13-15H2,1-4H3/t17?,21?,22?,24?,25-/m0/s1. The maximum atomic E-state index is 13.2. The third-order valence-electron chi connectivity index (χ3n) is 7.93. The number of alkyl halides is 3. The predicted molar refractivity (Wildman–Crippen MR) is 132 cm³/mol. The van der Waals surface area contributed by atoms with Crippen LogP contribution in [0.15, 0.2) is 36.4 Å². The number of piperidine rings is 2. The van der Waals surface area contributed by atoms with Crippen LogP contribution >= 0.6 is 0 Å². The van der Waals surface area contributed by atoms with E-state index in [1.54, 1.807) is 27.9 Å². The molecule has 3 aliphatic rings. The van der Waals surface area contributed by atoms with Crippen LogP contribution in [0.3, 0.4) is 0 Å². The van der Waals surface area contributed by atoms with Crippen molar-refractivity contribution in [2.24, 2.45) is 11.3 Å². The van der Waals surface area contributed by atoms with Gasteiger partial charge in [-0.05, 0) is 74.1 Å². The summed E-state index contributed by atoms with van der Waals surface area (Å²) in [5.74, 6) is -0.484. The predicted octanol–water partition coefficient (Wildman–Crippen LogP) is 4.93. The average molecular weight is 519 g/mol. The van der Waals surface area contributed by atoms with Gasteiger partial charge in [0.15, 0.2) is 0 Å². The molecule has 3 bridgehead atoms. The van der Waals surface area contributed by atoms with Crippen molar-refractivity contribution in [2.45, 2.75) is 77.0 Å². The second-order valence-electron chi connectivity index (χ2n) is 11.6. The zero-order valence-corrected chi connectivity index (χ0v) is 21.5. The number of benzene rings is 2. The van der Waals surface area contributed by atoms with Crippen LogP contribution in [0.25, 0.3) is 10.8 Å². The van der Waals surface area contributed by atoms with Gasteiger partial charge in [0.1, 0.15) is 18.3 Å². The monoisotopic (exact) mass is 518 g/mol. The zero-order chi connectivity index (χ0) is 26.7. The van der Waals surface area contributed by atoms with Crippen LogP contribution < -0.4 is 4.74 Å². The average Bonchev–Trinajstić information content (AvgIpc) is 2.93. The van der Waals surface area contributed by atoms with Crippen LogP contribution in [-0.2, 0) is 20.9 Å². The fourth-order valence-electron chi connectivity index (χ4n) is 6.27. The van der Waals surface area contributed by atoms with Gasteiger partial charge in [-0.1, -0.05) is 18.2 Å². The largest absolute Gasteiger partial charge is 0.497 e. The van der Waals surface area contributed by atoms with Gasteiger partial charge in [-0.25, -0.2) is 0 Å². The molecule has 5 rings (SSSR count). The molecule has 0 spiro atoms. The molecule has 37 heavy (non-hydrogen) atoms. The molecule has 3 saturated heterocycles. The molecule has 0 aromatic heterocycles. The van der Waals surface area contributed by atoms with Gasteiger partial charge < -0.3 is 14.4 Å². The van der Waals surface area contributed by atoms with E-state index in [0.29, 0.717) is 13.0 Å². The highest BCUT2D eigenvalue weighted by molar-refractivity contribution is 5.84. The van der Waals surface area contributed by atoms with Gasteiger partial charge in [-0.3, -0.25) is 14.5 Å². The normalized spacial score (nSPS) is 27.5. The van der Waals surface area contributed by atoms with Crippen LogP contribution in [0.1, 0.15) is 45.6 Å². The van der Waals surface area contributed by atoms with Crippen LogP contribution in [-0.4, -0.2) is 65.7 Å². The Morgan fingerprint density at radius 1 is 1.00 bits per heavy atom. The van der Waals surface area contributed by atoms with E-state index in [-0.39, 0.29) is 24.5 Å². The summed E-state index contributed by atoms with van der Waals surface area (Å²) >= 11 is 0. The molecule has 0 saturated carbocycles. The number of carbonyl (C=O) groups excluding carboxylic acids is 2. The van der Waals surface area contributed by atoms with E-state index < -0.39 is 42.0 Å². The van der Waals surface area contributed by atoms with Gasteiger partial charge in [0.05, 0.1) is 18.6 Å². The number of esters is 1. The van der Waals surface area contributed by atoms with Crippen LogP contribution in [0.4, 0.5) is 13.2 Å². The summed E-state index contributed by atoms with van der Waals surface area (Å²) in [5.41, 5.74) is 0.293. The Hall–Kier alpha value is -2.81. The summed E-state index contributed by atoms with van der Waals surface area (Å²) in [5, 5.41) is 2.10. The lowest BCUT2D eigenvalue weighted by atomic mass is 9.86. The minimum absolute atomic E-state index is 0.0853. The molecule has 0 N–H and O–H groups in total. The number of rotatable bonds is 5. The molecule has 2 aromatic carbocycles. The smallest absolute Gasteiger partial charge is 0.397 e. The van der Waals surface area contributed by atoms with Crippen LogP contribution in [0.2, 0.25) is 0 Å². The summed E-state index contributed by atoms with van der Waals surface area (Å²) < 4.78 is 50.8. The Kier molecular flexibility index (Phi) is 6.41. The Morgan fingerprint density at radius 2 is 1.68 bits per heavy atom. The lowest BCUT2D eigenvalue weighted by Crippen LogP contribution is -2.58. The molecule has 3 aliphatic heterocycles. The number of carbonyl (C=O) groups is 2. The van der Waals surface area contributed by atoms with E-state index in [9.17, 15) is 22.8 Å². The topological polar surface area (TPSA) is 59.1 Å². The van der Waals surface area contributed by atoms with Gasteiger partial charge in [0.2, 0.25) is 5.91 Å². The first-order valence-corrected chi connectivity index (χ1v) is 12.7. The van der Waals surface area contributed by atoms with Crippen molar-refractivity contribution in [3.8, 4) is 5.75 Å². The first kappa shape index (κ1) is 25.8. The zero-order valence-electron chi connectivity index (χ0n) is 21.5. The summed E-state index contributed by atoms with van der Waals surface area (Å²) in [6.45, 7) is 6.10. The van der Waals surface area contributed by atoms with Crippen molar-refractivity contribution in [3.63, 3.8) is 0 Å². The van der Waals surface area contributed by atoms with Gasteiger partial charge >= 0.3 is 12.1 Å². The highest BCUT2D eigenvalue weighted by Gasteiger charge is 2.61. The van der Waals surface area contributed by atoms with Crippen LogP contribution in [0.5, 0.6) is 5.75 Å². The van der Waals surface area contributed by atoms with Crippen molar-refractivity contribution in [2.75, 3.05) is 13.7 Å². The summed E-state index contributed by atoms with van der Waals surface area (Å²) in [6, 6.07) is 11.1. The van der Waals surface area contributed by atoms with E-state index in [4.69, 9.17) is 9.47 Å². The third kappa shape index (κ3) is 5.02. The van der Waals surface area contributed by atoms with Gasteiger partial charge in [-0.15, -0.1) is 0 Å². The molecule has 6 nitrogen and oxygen atoms in total. The molecule has 3 heterocycles. The van der Waals surface area contributed by atoms with Crippen molar-refractivity contribution in [1.29, 1.82) is 0 Å². The molecule has 3 fully saturated rings. The first-order valence-electron chi connectivity index (χ1n) is 12.7.